The largest absolute Gasteiger partial charge is 0.480 e. The lowest BCUT2D eigenvalue weighted by Gasteiger charge is -2.20. The van der Waals surface area contributed by atoms with Gasteiger partial charge in [0, 0.05) is 6.61 Å². The maximum atomic E-state index is 11.7. The standard InChI is InChI=1S/C13H25NO4/c1-8(2)6-7-18-10(5)12(15)14-11(9(3)4)13(16)17/h8-11H,6-7H2,1-5H3,(H,14,15)(H,16,17)/t10?,11-/m1/s1. The van der Waals surface area contributed by atoms with Crippen molar-refractivity contribution in [2.45, 2.75) is 53.2 Å². The van der Waals surface area contributed by atoms with Gasteiger partial charge in [0.1, 0.15) is 12.1 Å². The third-order valence-corrected chi connectivity index (χ3v) is 2.66. The number of carboxylic acids is 1. The molecule has 0 bridgehead atoms. The van der Waals surface area contributed by atoms with Crippen LogP contribution in [0.3, 0.4) is 0 Å². The molecule has 0 aliphatic carbocycles. The second-order valence-corrected chi connectivity index (χ2v) is 5.26. The van der Waals surface area contributed by atoms with E-state index in [2.05, 4.69) is 19.2 Å². The zero-order chi connectivity index (χ0) is 14.3. The molecule has 0 aromatic carbocycles. The topological polar surface area (TPSA) is 75.6 Å². The Morgan fingerprint density at radius 3 is 2.11 bits per heavy atom. The molecule has 0 aliphatic heterocycles. The van der Waals surface area contributed by atoms with Crippen LogP contribution in [0, 0.1) is 11.8 Å². The summed E-state index contributed by atoms with van der Waals surface area (Å²) in [6.07, 6.45) is 0.258. The Hall–Kier alpha value is -1.10. The molecule has 0 aromatic heterocycles. The van der Waals surface area contributed by atoms with E-state index in [0.717, 1.165) is 6.42 Å². The van der Waals surface area contributed by atoms with Crippen molar-refractivity contribution in [3.8, 4) is 0 Å². The fourth-order valence-corrected chi connectivity index (χ4v) is 1.34. The molecule has 1 amide bonds. The van der Waals surface area contributed by atoms with Crippen LogP contribution in [-0.2, 0) is 14.3 Å². The molecule has 5 nitrogen and oxygen atoms in total. The zero-order valence-electron chi connectivity index (χ0n) is 11.9. The van der Waals surface area contributed by atoms with Crippen LogP contribution < -0.4 is 5.32 Å². The number of nitrogens with one attached hydrogen (secondary N) is 1. The Morgan fingerprint density at radius 2 is 1.72 bits per heavy atom. The summed E-state index contributed by atoms with van der Waals surface area (Å²) in [5.74, 6) is -1.04. The minimum absolute atomic E-state index is 0.158. The van der Waals surface area contributed by atoms with Gasteiger partial charge in [0.25, 0.3) is 0 Å². The normalized spacial score (nSPS) is 14.6. The number of ether oxygens (including phenoxy) is 1. The van der Waals surface area contributed by atoms with E-state index in [4.69, 9.17) is 9.84 Å². The van der Waals surface area contributed by atoms with E-state index in [0.29, 0.717) is 12.5 Å². The predicted molar refractivity (Wildman–Crippen MR) is 69.3 cm³/mol. The summed E-state index contributed by atoms with van der Waals surface area (Å²) in [6.45, 7) is 9.80. The first-order valence-electron chi connectivity index (χ1n) is 6.40. The monoisotopic (exact) mass is 259 g/mol. The lowest BCUT2D eigenvalue weighted by atomic mass is 10.0. The molecule has 0 radical (unpaired) electrons. The molecule has 0 spiro atoms. The molecule has 0 aromatic rings. The van der Waals surface area contributed by atoms with Crippen LogP contribution in [0.25, 0.3) is 0 Å². The van der Waals surface area contributed by atoms with Crippen LogP contribution in [0.5, 0.6) is 0 Å². The SMILES string of the molecule is CC(C)CCOC(C)C(=O)N[C@@H](C(=O)O)C(C)C. The van der Waals surface area contributed by atoms with Crippen LogP contribution >= 0.6 is 0 Å². The van der Waals surface area contributed by atoms with E-state index in [1.54, 1.807) is 20.8 Å². The van der Waals surface area contributed by atoms with Gasteiger partial charge in [0.15, 0.2) is 0 Å². The summed E-state index contributed by atoms with van der Waals surface area (Å²) in [4.78, 5) is 22.7. The molecule has 2 N–H and O–H groups in total. The van der Waals surface area contributed by atoms with E-state index < -0.39 is 18.1 Å². The highest BCUT2D eigenvalue weighted by atomic mass is 16.5. The number of aliphatic carboxylic acids is 1. The summed E-state index contributed by atoms with van der Waals surface area (Å²) < 4.78 is 5.37. The molecular formula is C13H25NO4. The third kappa shape index (κ3) is 6.59. The van der Waals surface area contributed by atoms with Crippen molar-refractivity contribution >= 4 is 11.9 Å². The lowest BCUT2D eigenvalue weighted by molar-refractivity contribution is -0.145. The summed E-state index contributed by atoms with van der Waals surface area (Å²) in [7, 11) is 0. The second-order valence-electron chi connectivity index (χ2n) is 5.26. The molecule has 0 saturated heterocycles. The van der Waals surface area contributed by atoms with E-state index >= 15 is 0 Å². The number of carbonyl (C=O) groups is 2. The summed E-state index contributed by atoms with van der Waals surface area (Å²) in [5.41, 5.74) is 0. The zero-order valence-corrected chi connectivity index (χ0v) is 11.9. The Balaban J connectivity index is 4.17. The van der Waals surface area contributed by atoms with Gasteiger partial charge in [-0.1, -0.05) is 27.7 Å². The number of carboxylic acid groups (broad SMARTS) is 1. The molecule has 5 heteroatoms. The van der Waals surface area contributed by atoms with Crippen molar-refractivity contribution in [3.05, 3.63) is 0 Å². The molecular weight excluding hydrogens is 234 g/mol. The highest BCUT2D eigenvalue weighted by Crippen LogP contribution is 2.05. The third-order valence-electron chi connectivity index (χ3n) is 2.66. The average Bonchev–Trinajstić information content (AvgIpc) is 2.23. The first-order chi connectivity index (χ1) is 8.25. The van der Waals surface area contributed by atoms with Crippen molar-refractivity contribution in [2.24, 2.45) is 11.8 Å². The molecule has 0 rings (SSSR count). The second kappa shape index (κ2) is 8.08. The van der Waals surface area contributed by atoms with E-state index in [-0.39, 0.29) is 11.8 Å². The molecule has 1 unspecified atom stereocenters. The first kappa shape index (κ1) is 16.9. The van der Waals surface area contributed by atoms with Crippen molar-refractivity contribution in [1.29, 1.82) is 0 Å². The van der Waals surface area contributed by atoms with Gasteiger partial charge in [-0.05, 0) is 25.2 Å². The van der Waals surface area contributed by atoms with Crippen LogP contribution in [0.2, 0.25) is 0 Å². The van der Waals surface area contributed by atoms with Crippen LogP contribution in [0.15, 0.2) is 0 Å². The van der Waals surface area contributed by atoms with Gasteiger partial charge in [0.05, 0.1) is 0 Å². The van der Waals surface area contributed by atoms with Crippen molar-refractivity contribution in [1.82, 2.24) is 5.32 Å². The Bertz CT molecular complexity index is 276. The van der Waals surface area contributed by atoms with Crippen LogP contribution in [-0.4, -0.2) is 35.7 Å². The predicted octanol–water partition coefficient (Wildman–Crippen LogP) is 1.66. The van der Waals surface area contributed by atoms with Crippen molar-refractivity contribution in [3.63, 3.8) is 0 Å². The molecule has 0 heterocycles. The number of rotatable bonds is 8. The smallest absolute Gasteiger partial charge is 0.326 e. The Kier molecular flexibility index (Phi) is 7.59. The number of carbonyl (C=O) groups excluding carboxylic acids is 1. The van der Waals surface area contributed by atoms with Gasteiger partial charge in [-0.3, -0.25) is 4.79 Å². The highest BCUT2D eigenvalue weighted by molar-refractivity contribution is 5.86. The van der Waals surface area contributed by atoms with Crippen molar-refractivity contribution in [2.75, 3.05) is 6.61 Å². The maximum absolute atomic E-state index is 11.7. The quantitative estimate of drug-likeness (QED) is 0.695. The molecule has 0 saturated carbocycles. The minimum atomic E-state index is -1.02. The van der Waals surface area contributed by atoms with Crippen molar-refractivity contribution < 1.29 is 19.4 Å². The summed E-state index contributed by atoms with van der Waals surface area (Å²) >= 11 is 0. The van der Waals surface area contributed by atoms with Gasteiger partial charge < -0.3 is 15.2 Å². The van der Waals surface area contributed by atoms with Gasteiger partial charge in [0.2, 0.25) is 5.91 Å². The van der Waals surface area contributed by atoms with Gasteiger partial charge >= 0.3 is 5.97 Å². The van der Waals surface area contributed by atoms with E-state index in [1.165, 1.54) is 0 Å². The number of hydrogen-bond donors (Lipinski definition) is 2. The molecule has 0 aliphatic rings. The van der Waals surface area contributed by atoms with E-state index in [1.807, 2.05) is 0 Å². The minimum Gasteiger partial charge on any atom is -0.480 e. The molecule has 106 valence electrons. The van der Waals surface area contributed by atoms with Gasteiger partial charge in [-0.2, -0.15) is 0 Å². The summed E-state index contributed by atoms with van der Waals surface area (Å²) in [6, 6.07) is -0.867. The fourth-order valence-electron chi connectivity index (χ4n) is 1.34. The Morgan fingerprint density at radius 1 is 1.17 bits per heavy atom. The van der Waals surface area contributed by atoms with Gasteiger partial charge in [-0.15, -0.1) is 0 Å². The average molecular weight is 259 g/mol. The highest BCUT2D eigenvalue weighted by Gasteiger charge is 2.25. The maximum Gasteiger partial charge on any atom is 0.326 e. The number of hydrogen-bond acceptors (Lipinski definition) is 3. The van der Waals surface area contributed by atoms with Crippen LogP contribution in [0.4, 0.5) is 0 Å². The molecule has 2 atom stereocenters. The fraction of sp³-hybridized carbons (Fsp3) is 0.846. The van der Waals surface area contributed by atoms with Gasteiger partial charge in [-0.25, -0.2) is 4.79 Å². The first-order valence-corrected chi connectivity index (χ1v) is 6.40. The number of amides is 1. The molecule has 18 heavy (non-hydrogen) atoms. The lowest BCUT2D eigenvalue weighted by Crippen LogP contribution is -2.48. The van der Waals surface area contributed by atoms with Crippen LogP contribution in [0.1, 0.15) is 41.0 Å². The summed E-state index contributed by atoms with van der Waals surface area (Å²) in [5, 5.41) is 11.5. The van der Waals surface area contributed by atoms with E-state index in [9.17, 15) is 9.59 Å². The Labute approximate surface area is 109 Å². The molecule has 0 fully saturated rings.